The van der Waals surface area contributed by atoms with Crippen molar-refractivity contribution in [3.8, 4) is 5.69 Å². The van der Waals surface area contributed by atoms with E-state index in [4.69, 9.17) is 4.74 Å². The average molecular weight is 301 g/mol. The summed E-state index contributed by atoms with van der Waals surface area (Å²) < 4.78 is 6.71. The fraction of sp³-hybridized carbons (Fsp3) is 0.312. The lowest BCUT2D eigenvalue weighted by molar-refractivity contribution is -0.147. The summed E-state index contributed by atoms with van der Waals surface area (Å²) in [6.07, 6.45) is 3.54. The van der Waals surface area contributed by atoms with Crippen LogP contribution in [0.2, 0.25) is 0 Å². The van der Waals surface area contributed by atoms with E-state index in [-0.39, 0.29) is 30.9 Å². The normalized spacial score (nSPS) is 10.5. The van der Waals surface area contributed by atoms with Crippen LogP contribution in [0.1, 0.15) is 30.6 Å². The molecule has 0 aliphatic rings. The lowest BCUT2D eigenvalue weighted by Crippen LogP contribution is -2.27. The number of benzene rings is 1. The molecule has 0 fully saturated rings. The maximum Gasteiger partial charge on any atom is 0.307 e. The van der Waals surface area contributed by atoms with Crippen molar-refractivity contribution in [2.24, 2.45) is 0 Å². The van der Waals surface area contributed by atoms with Gasteiger partial charge in [0.2, 0.25) is 0 Å². The van der Waals surface area contributed by atoms with E-state index in [9.17, 15) is 9.59 Å². The van der Waals surface area contributed by atoms with Gasteiger partial charge in [-0.3, -0.25) is 9.59 Å². The Morgan fingerprint density at radius 2 is 2.00 bits per heavy atom. The number of hydrogen-bond acceptors (Lipinski definition) is 4. The van der Waals surface area contributed by atoms with Gasteiger partial charge in [0.1, 0.15) is 0 Å². The second-order valence-corrected chi connectivity index (χ2v) is 5.04. The van der Waals surface area contributed by atoms with Crippen LogP contribution in [0.4, 0.5) is 0 Å². The molecule has 1 aromatic carbocycles. The van der Waals surface area contributed by atoms with Gasteiger partial charge in [-0.25, -0.2) is 4.68 Å². The van der Waals surface area contributed by atoms with Crippen molar-refractivity contribution in [2.75, 3.05) is 6.54 Å². The van der Waals surface area contributed by atoms with Crippen molar-refractivity contribution in [3.05, 3.63) is 48.3 Å². The van der Waals surface area contributed by atoms with Crippen molar-refractivity contribution in [1.82, 2.24) is 15.1 Å². The number of esters is 1. The Kier molecular flexibility index (Phi) is 5.30. The van der Waals surface area contributed by atoms with Crippen molar-refractivity contribution >= 4 is 11.9 Å². The SMILES string of the molecule is CC(C)OC(=O)CCNC(=O)c1ccc(-n2cccn2)cc1. The Bertz CT molecular complexity index is 619. The molecule has 1 N–H and O–H groups in total. The molecule has 1 heterocycles. The quantitative estimate of drug-likeness (QED) is 0.828. The maximum atomic E-state index is 12.0. The molecule has 0 saturated heterocycles. The Morgan fingerprint density at radius 3 is 2.59 bits per heavy atom. The van der Waals surface area contributed by atoms with E-state index in [2.05, 4.69) is 10.4 Å². The molecule has 2 rings (SSSR count). The summed E-state index contributed by atoms with van der Waals surface area (Å²) in [4.78, 5) is 23.3. The first kappa shape index (κ1) is 15.8. The maximum absolute atomic E-state index is 12.0. The van der Waals surface area contributed by atoms with Gasteiger partial charge < -0.3 is 10.1 Å². The monoisotopic (exact) mass is 301 g/mol. The first-order valence-corrected chi connectivity index (χ1v) is 7.14. The highest BCUT2D eigenvalue weighted by molar-refractivity contribution is 5.94. The molecule has 6 nitrogen and oxygen atoms in total. The van der Waals surface area contributed by atoms with Crippen LogP contribution >= 0.6 is 0 Å². The Morgan fingerprint density at radius 1 is 1.27 bits per heavy atom. The van der Waals surface area contributed by atoms with Gasteiger partial charge >= 0.3 is 5.97 Å². The van der Waals surface area contributed by atoms with E-state index < -0.39 is 0 Å². The van der Waals surface area contributed by atoms with Crippen LogP contribution in [0.3, 0.4) is 0 Å². The third-order valence-electron chi connectivity index (χ3n) is 2.88. The number of rotatable bonds is 6. The van der Waals surface area contributed by atoms with Crippen LogP contribution in [-0.2, 0) is 9.53 Å². The molecule has 0 radical (unpaired) electrons. The largest absolute Gasteiger partial charge is 0.463 e. The third-order valence-corrected chi connectivity index (χ3v) is 2.88. The van der Waals surface area contributed by atoms with Crippen molar-refractivity contribution in [2.45, 2.75) is 26.4 Å². The predicted molar refractivity (Wildman–Crippen MR) is 81.7 cm³/mol. The van der Waals surface area contributed by atoms with Gasteiger partial charge in [0.25, 0.3) is 5.91 Å². The van der Waals surface area contributed by atoms with E-state index >= 15 is 0 Å². The molecule has 22 heavy (non-hydrogen) atoms. The topological polar surface area (TPSA) is 73.2 Å². The first-order valence-electron chi connectivity index (χ1n) is 7.14. The highest BCUT2D eigenvalue weighted by atomic mass is 16.5. The average Bonchev–Trinajstić information content (AvgIpc) is 3.00. The summed E-state index contributed by atoms with van der Waals surface area (Å²) in [6, 6.07) is 8.90. The standard InChI is InChI=1S/C16H19N3O3/c1-12(2)22-15(20)8-10-17-16(21)13-4-6-14(7-5-13)19-11-3-9-18-19/h3-7,9,11-12H,8,10H2,1-2H3,(H,17,21). The molecular weight excluding hydrogens is 282 g/mol. The number of aromatic nitrogens is 2. The summed E-state index contributed by atoms with van der Waals surface area (Å²) in [5.41, 5.74) is 1.41. The zero-order valence-electron chi connectivity index (χ0n) is 12.7. The van der Waals surface area contributed by atoms with Gasteiger partial charge in [0.15, 0.2) is 0 Å². The Hall–Kier alpha value is -2.63. The van der Waals surface area contributed by atoms with Crippen LogP contribution in [-0.4, -0.2) is 34.3 Å². The van der Waals surface area contributed by atoms with Gasteiger partial charge in [-0.1, -0.05) is 0 Å². The lowest BCUT2D eigenvalue weighted by atomic mass is 10.2. The number of carbonyl (C=O) groups excluding carboxylic acids is 2. The molecule has 1 amide bonds. The molecule has 0 atom stereocenters. The van der Waals surface area contributed by atoms with E-state index in [1.165, 1.54) is 0 Å². The second kappa shape index (κ2) is 7.40. The second-order valence-electron chi connectivity index (χ2n) is 5.04. The van der Waals surface area contributed by atoms with Gasteiger partial charge in [-0.15, -0.1) is 0 Å². The molecule has 2 aromatic rings. The third kappa shape index (κ3) is 4.44. The van der Waals surface area contributed by atoms with Crippen molar-refractivity contribution < 1.29 is 14.3 Å². The molecule has 116 valence electrons. The predicted octanol–water partition coefficient (Wildman–Crippen LogP) is 1.94. The number of carbonyl (C=O) groups is 2. The van der Waals surface area contributed by atoms with E-state index in [1.54, 1.807) is 36.9 Å². The highest BCUT2D eigenvalue weighted by Gasteiger charge is 2.08. The number of nitrogens with one attached hydrogen (secondary N) is 1. The minimum atomic E-state index is -0.315. The lowest BCUT2D eigenvalue weighted by Gasteiger charge is -2.09. The molecule has 0 spiro atoms. The molecule has 0 aliphatic carbocycles. The molecule has 0 unspecified atom stereocenters. The molecule has 6 heteroatoms. The van der Waals surface area contributed by atoms with Crippen molar-refractivity contribution in [1.29, 1.82) is 0 Å². The summed E-state index contributed by atoms with van der Waals surface area (Å²) >= 11 is 0. The van der Waals surface area contributed by atoms with Crippen molar-refractivity contribution in [3.63, 3.8) is 0 Å². The smallest absolute Gasteiger partial charge is 0.307 e. The molecule has 0 bridgehead atoms. The van der Waals surface area contributed by atoms with E-state index in [0.717, 1.165) is 5.69 Å². The van der Waals surface area contributed by atoms with Gasteiger partial charge in [0, 0.05) is 24.5 Å². The minimum Gasteiger partial charge on any atom is -0.463 e. The Balaban J connectivity index is 1.84. The first-order chi connectivity index (χ1) is 10.6. The van der Waals surface area contributed by atoms with E-state index in [0.29, 0.717) is 5.56 Å². The highest BCUT2D eigenvalue weighted by Crippen LogP contribution is 2.08. The number of ether oxygens (including phenoxy) is 1. The number of nitrogens with zero attached hydrogens (tertiary/aromatic N) is 2. The van der Waals surface area contributed by atoms with Crippen LogP contribution in [0.25, 0.3) is 5.69 Å². The number of hydrogen-bond donors (Lipinski definition) is 1. The van der Waals surface area contributed by atoms with Crippen LogP contribution in [0.15, 0.2) is 42.7 Å². The minimum absolute atomic E-state index is 0.141. The zero-order valence-corrected chi connectivity index (χ0v) is 12.7. The summed E-state index contributed by atoms with van der Waals surface area (Å²) in [7, 11) is 0. The molecule has 0 saturated carbocycles. The van der Waals surface area contributed by atoms with E-state index in [1.807, 2.05) is 24.4 Å². The van der Waals surface area contributed by atoms with Gasteiger partial charge in [-0.05, 0) is 44.2 Å². The molecule has 1 aromatic heterocycles. The van der Waals surface area contributed by atoms with Crippen LogP contribution < -0.4 is 5.32 Å². The Labute approximate surface area is 129 Å². The fourth-order valence-electron chi connectivity index (χ4n) is 1.89. The zero-order chi connectivity index (χ0) is 15.9. The summed E-state index contributed by atoms with van der Waals surface area (Å²) in [5, 5.41) is 6.81. The summed E-state index contributed by atoms with van der Waals surface area (Å²) in [5.74, 6) is -0.534. The van der Waals surface area contributed by atoms with Crippen LogP contribution in [0, 0.1) is 0 Å². The molecular formula is C16H19N3O3. The van der Waals surface area contributed by atoms with Gasteiger partial charge in [-0.2, -0.15) is 5.10 Å². The fourth-order valence-corrected chi connectivity index (χ4v) is 1.89. The summed E-state index contributed by atoms with van der Waals surface area (Å²) in [6.45, 7) is 3.83. The van der Waals surface area contributed by atoms with Crippen LogP contribution in [0.5, 0.6) is 0 Å². The van der Waals surface area contributed by atoms with Gasteiger partial charge in [0.05, 0.1) is 18.2 Å². The molecule has 0 aliphatic heterocycles. The number of amides is 1.